The Morgan fingerprint density at radius 1 is 1.50 bits per heavy atom. The standard InChI is InChI=1S/C16H25N3O/c1-5-13(15(20)18-17)19-14-9-7-6-8-12(14)11(2)10-16(19,3)4/h6-9,11,13H,5,10,17H2,1-4H3,(H,18,20). The van der Waals surface area contributed by atoms with Gasteiger partial charge in [0.2, 0.25) is 0 Å². The van der Waals surface area contributed by atoms with Gasteiger partial charge in [0, 0.05) is 11.2 Å². The number of hydrogen-bond acceptors (Lipinski definition) is 3. The number of anilines is 1. The van der Waals surface area contributed by atoms with E-state index in [0.717, 1.165) is 18.5 Å². The minimum absolute atomic E-state index is 0.0685. The quantitative estimate of drug-likeness (QED) is 0.506. The molecule has 1 aliphatic rings. The predicted octanol–water partition coefficient (Wildman–Crippen LogP) is 2.55. The number of nitrogens with one attached hydrogen (secondary N) is 1. The second-order valence-electron chi connectivity index (χ2n) is 6.28. The Hall–Kier alpha value is -1.55. The van der Waals surface area contributed by atoms with E-state index < -0.39 is 0 Å². The van der Waals surface area contributed by atoms with E-state index in [0.29, 0.717) is 5.92 Å². The van der Waals surface area contributed by atoms with E-state index in [4.69, 9.17) is 5.84 Å². The van der Waals surface area contributed by atoms with Crippen LogP contribution in [0.15, 0.2) is 24.3 Å². The summed E-state index contributed by atoms with van der Waals surface area (Å²) < 4.78 is 0. The lowest BCUT2D eigenvalue weighted by atomic mass is 9.79. The number of amides is 1. The number of hydrazine groups is 1. The van der Waals surface area contributed by atoms with E-state index in [9.17, 15) is 4.79 Å². The predicted molar refractivity (Wildman–Crippen MR) is 82.4 cm³/mol. The highest BCUT2D eigenvalue weighted by Gasteiger charge is 2.41. The first-order valence-electron chi connectivity index (χ1n) is 7.31. The zero-order valence-corrected chi connectivity index (χ0v) is 12.8. The molecule has 1 amide bonds. The summed E-state index contributed by atoms with van der Waals surface area (Å²) in [6, 6.07) is 8.14. The van der Waals surface area contributed by atoms with E-state index in [1.165, 1.54) is 5.56 Å². The third kappa shape index (κ3) is 2.40. The van der Waals surface area contributed by atoms with Crippen LogP contribution in [0.25, 0.3) is 0 Å². The van der Waals surface area contributed by atoms with Crippen LogP contribution < -0.4 is 16.2 Å². The van der Waals surface area contributed by atoms with Gasteiger partial charge >= 0.3 is 0 Å². The van der Waals surface area contributed by atoms with E-state index in [1.807, 2.05) is 13.0 Å². The molecule has 0 fully saturated rings. The molecule has 0 saturated carbocycles. The molecule has 0 radical (unpaired) electrons. The summed E-state index contributed by atoms with van der Waals surface area (Å²) >= 11 is 0. The molecule has 20 heavy (non-hydrogen) atoms. The average Bonchev–Trinajstić information content (AvgIpc) is 2.42. The van der Waals surface area contributed by atoms with Gasteiger partial charge in [0.15, 0.2) is 0 Å². The topological polar surface area (TPSA) is 58.4 Å². The molecule has 1 heterocycles. The van der Waals surface area contributed by atoms with Crippen LogP contribution >= 0.6 is 0 Å². The Kier molecular flexibility index (Phi) is 4.04. The summed E-state index contributed by atoms with van der Waals surface area (Å²) in [6.07, 6.45) is 1.76. The van der Waals surface area contributed by atoms with Crippen LogP contribution in [0.4, 0.5) is 5.69 Å². The number of carbonyl (C=O) groups excluding carboxylic acids is 1. The van der Waals surface area contributed by atoms with Crippen molar-refractivity contribution < 1.29 is 4.79 Å². The van der Waals surface area contributed by atoms with Gasteiger partial charge in [0.25, 0.3) is 5.91 Å². The zero-order chi connectivity index (χ0) is 14.9. The van der Waals surface area contributed by atoms with E-state index in [2.05, 4.69) is 49.3 Å². The van der Waals surface area contributed by atoms with Gasteiger partial charge in [0.1, 0.15) is 6.04 Å². The van der Waals surface area contributed by atoms with Gasteiger partial charge in [-0.2, -0.15) is 0 Å². The minimum Gasteiger partial charge on any atom is -0.354 e. The van der Waals surface area contributed by atoms with Crippen LogP contribution in [-0.4, -0.2) is 17.5 Å². The Morgan fingerprint density at radius 2 is 2.15 bits per heavy atom. The average molecular weight is 275 g/mol. The largest absolute Gasteiger partial charge is 0.354 e. The maximum atomic E-state index is 12.1. The van der Waals surface area contributed by atoms with Gasteiger partial charge in [-0.05, 0) is 44.2 Å². The molecule has 3 N–H and O–H groups in total. The van der Waals surface area contributed by atoms with Crippen molar-refractivity contribution in [1.82, 2.24) is 5.43 Å². The Morgan fingerprint density at radius 3 is 2.75 bits per heavy atom. The molecule has 4 nitrogen and oxygen atoms in total. The monoisotopic (exact) mass is 275 g/mol. The molecule has 2 rings (SSSR count). The maximum absolute atomic E-state index is 12.1. The molecule has 1 aliphatic heterocycles. The van der Waals surface area contributed by atoms with Crippen molar-refractivity contribution in [1.29, 1.82) is 0 Å². The van der Waals surface area contributed by atoms with E-state index in [-0.39, 0.29) is 17.5 Å². The molecular formula is C16H25N3O. The lowest BCUT2D eigenvalue weighted by Crippen LogP contribution is -2.59. The molecule has 2 unspecified atom stereocenters. The Labute approximate surface area is 121 Å². The molecule has 0 spiro atoms. The fraction of sp³-hybridized carbons (Fsp3) is 0.562. The van der Waals surface area contributed by atoms with Crippen LogP contribution in [0.3, 0.4) is 0 Å². The highest BCUT2D eigenvalue weighted by atomic mass is 16.2. The molecule has 1 aromatic carbocycles. The summed E-state index contributed by atoms with van der Waals surface area (Å²) in [5.74, 6) is 5.74. The van der Waals surface area contributed by atoms with Crippen LogP contribution in [0.5, 0.6) is 0 Å². The number of nitrogens with two attached hydrogens (primary N) is 1. The molecule has 0 bridgehead atoms. The number of nitrogens with zero attached hydrogens (tertiary/aromatic N) is 1. The van der Waals surface area contributed by atoms with Gasteiger partial charge in [-0.3, -0.25) is 10.2 Å². The normalized spacial score (nSPS) is 22.1. The first-order chi connectivity index (χ1) is 9.42. The lowest BCUT2D eigenvalue weighted by Gasteiger charge is -2.50. The molecular weight excluding hydrogens is 250 g/mol. The summed E-state index contributed by atoms with van der Waals surface area (Å²) in [5.41, 5.74) is 4.72. The van der Waals surface area contributed by atoms with Gasteiger partial charge in [0.05, 0.1) is 0 Å². The summed E-state index contributed by atoms with van der Waals surface area (Å²) in [7, 11) is 0. The number of para-hydroxylation sites is 1. The first-order valence-corrected chi connectivity index (χ1v) is 7.31. The number of hydrogen-bond donors (Lipinski definition) is 2. The molecule has 2 atom stereocenters. The van der Waals surface area contributed by atoms with Crippen LogP contribution in [-0.2, 0) is 4.79 Å². The van der Waals surface area contributed by atoms with Crippen molar-refractivity contribution in [2.45, 2.75) is 58.0 Å². The molecule has 1 aromatic rings. The highest BCUT2D eigenvalue weighted by molar-refractivity contribution is 5.86. The lowest BCUT2D eigenvalue weighted by molar-refractivity contribution is -0.122. The van der Waals surface area contributed by atoms with Crippen molar-refractivity contribution in [2.75, 3.05) is 4.90 Å². The Bertz CT molecular complexity index is 498. The van der Waals surface area contributed by atoms with E-state index in [1.54, 1.807) is 0 Å². The highest BCUT2D eigenvalue weighted by Crippen LogP contribution is 2.44. The smallest absolute Gasteiger partial charge is 0.256 e. The SMILES string of the molecule is CCC(C(=O)NN)N1c2ccccc2C(C)CC1(C)C. The van der Waals surface area contributed by atoms with Crippen LogP contribution in [0.1, 0.15) is 52.0 Å². The first kappa shape index (κ1) is 14.9. The molecule has 4 heteroatoms. The minimum atomic E-state index is -0.233. The third-order valence-corrected chi connectivity index (χ3v) is 4.33. The maximum Gasteiger partial charge on any atom is 0.256 e. The second-order valence-corrected chi connectivity index (χ2v) is 6.28. The van der Waals surface area contributed by atoms with E-state index >= 15 is 0 Å². The molecule has 110 valence electrons. The fourth-order valence-corrected chi connectivity index (χ4v) is 3.58. The molecule has 0 aromatic heterocycles. The van der Waals surface area contributed by atoms with Crippen molar-refractivity contribution in [3.63, 3.8) is 0 Å². The fourth-order valence-electron chi connectivity index (χ4n) is 3.58. The van der Waals surface area contributed by atoms with Crippen LogP contribution in [0.2, 0.25) is 0 Å². The third-order valence-electron chi connectivity index (χ3n) is 4.33. The number of carbonyl (C=O) groups is 1. The molecule has 0 aliphatic carbocycles. The summed E-state index contributed by atoms with van der Waals surface area (Å²) in [6.45, 7) is 8.68. The van der Waals surface area contributed by atoms with Crippen LogP contribution in [0, 0.1) is 0 Å². The number of fused-ring (bicyclic) bond motifs is 1. The van der Waals surface area contributed by atoms with Gasteiger partial charge in [-0.25, -0.2) is 5.84 Å². The summed E-state index contributed by atoms with van der Waals surface area (Å²) in [5, 5.41) is 0. The van der Waals surface area contributed by atoms with Crippen molar-refractivity contribution in [3.05, 3.63) is 29.8 Å². The number of benzene rings is 1. The number of rotatable bonds is 3. The Balaban J connectivity index is 2.53. The van der Waals surface area contributed by atoms with Crippen molar-refractivity contribution in [2.24, 2.45) is 5.84 Å². The zero-order valence-electron chi connectivity index (χ0n) is 12.8. The second kappa shape index (κ2) is 5.44. The van der Waals surface area contributed by atoms with Gasteiger partial charge in [-0.1, -0.05) is 32.0 Å². The molecule has 0 saturated heterocycles. The van der Waals surface area contributed by atoms with Gasteiger partial charge < -0.3 is 4.90 Å². The van der Waals surface area contributed by atoms with Crippen molar-refractivity contribution >= 4 is 11.6 Å². The summed E-state index contributed by atoms with van der Waals surface area (Å²) in [4.78, 5) is 14.4. The van der Waals surface area contributed by atoms with Gasteiger partial charge in [-0.15, -0.1) is 0 Å². The van der Waals surface area contributed by atoms with Crippen molar-refractivity contribution in [3.8, 4) is 0 Å².